The Kier molecular flexibility index (Phi) is 3.71. The molecule has 0 N–H and O–H groups in total. The molecule has 2 aromatic rings. The maximum Gasteiger partial charge on any atom is 0.248 e. The Bertz CT molecular complexity index is 542. The predicted molar refractivity (Wildman–Crippen MR) is 66.3 cm³/mol. The molecule has 0 aromatic carbocycles. The molecule has 2 heterocycles. The Morgan fingerprint density at radius 2 is 2.29 bits per heavy atom. The van der Waals surface area contributed by atoms with Gasteiger partial charge < -0.3 is 4.74 Å². The van der Waals surface area contributed by atoms with Crippen molar-refractivity contribution in [3.05, 3.63) is 28.5 Å². The van der Waals surface area contributed by atoms with Crippen LogP contribution < -0.4 is 4.74 Å². The van der Waals surface area contributed by atoms with E-state index in [0.717, 1.165) is 4.88 Å². The number of nitrogens with zero attached hydrogens (tertiary/aromatic N) is 2. The SMILES string of the molecule is CCOc1cc(-c2cc(Cl)ncn2)sc1[C]=O. The monoisotopic (exact) mass is 267 g/mol. The molecular formula is C11H8ClN2O2S. The topological polar surface area (TPSA) is 52.1 Å². The molecule has 0 atom stereocenters. The van der Waals surface area contributed by atoms with E-state index in [-0.39, 0.29) is 0 Å². The zero-order valence-corrected chi connectivity index (χ0v) is 10.5. The first-order valence-electron chi connectivity index (χ1n) is 4.87. The summed E-state index contributed by atoms with van der Waals surface area (Å²) in [5, 5.41) is 0.359. The lowest BCUT2D eigenvalue weighted by atomic mass is 10.3. The van der Waals surface area contributed by atoms with Gasteiger partial charge in [0.05, 0.1) is 17.2 Å². The Morgan fingerprint density at radius 1 is 1.47 bits per heavy atom. The smallest absolute Gasteiger partial charge is 0.248 e. The number of ether oxygens (including phenoxy) is 1. The van der Waals surface area contributed by atoms with Crippen LogP contribution in [-0.2, 0) is 4.79 Å². The molecule has 0 amide bonds. The number of carbonyl (C=O) groups excluding carboxylic acids is 1. The lowest BCUT2D eigenvalue weighted by molar-refractivity contribution is 0.341. The number of hydrogen-bond acceptors (Lipinski definition) is 5. The molecular weight excluding hydrogens is 260 g/mol. The third kappa shape index (κ3) is 2.62. The van der Waals surface area contributed by atoms with Gasteiger partial charge in [0.25, 0.3) is 0 Å². The van der Waals surface area contributed by atoms with Crippen molar-refractivity contribution in [2.75, 3.05) is 6.61 Å². The van der Waals surface area contributed by atoms with Gasteiger partial charge in [0.2, 0.25) is 6.29 Å². The Labute approximate surface area is 107 Å². The zero-order valence-electron chi connectivity index (χ0n) is 8.94. The highest BCUT2D eigenvalue weighted by atomic mass is 35.5. The molecule has 0 aliphatic carbocycles. The second-order valence-electron chi connectivity index (χ2n) is 3.07. The molecule has 0 aliphatic heterocycles. The van der Waals surface area contributed by atoms with Crippen molar-refractivity contribution in [1.29, 1.82) is 0 Å². The fourth-order valence-electron chi connectivity index (χ4n) is 1.30. The van der Waals surface area contributed by atoms with Gasteiger partial charge in [-0.1, -0.05) is 11.6 Å². The summed E-state index contributed by atoms with van der Waals surface area (Å²) in [6.07, 6.45) is 3.23. The molecule has 0 aliphatic rings. The predicted octanol–water partition coefficient (Wildman–Crippen LogP) is 2.72. The van der Waals surface area contributed by atoms with Gasteiger partial charge in [-0.15, -0.1) is 11.3 Å². The average molecular weight is 268 g/mol. The van der Waals surface area contributed by atoms with Crippen LogP contribution in [0.15, 0.2) is 18.5 Å². The van der Waals surface area contributed by atoms with Crippen LogP contribution in [-0.4, -0.2) is 22.9 Å². The van der Waals surface area contributed by atoms with E-state index in [4.69, 9.17) is 16.3 Å². The highest BCUT2D eigenvalue weighted by Crippen LogP contribution is 2.34. The Balaban J connectivity index is 2.42. The van der Waals surface area contributed by atoms with E-state index in [1.165, 1.54) is 17.7 Å². The van der Waals surface area contributed by atoms with E-state index in [2.05, 4.69) is 9.97 Å². The molecule has 6 heteroatoms. The van der Waals surface area contributed by atoms with Crippen LogP contribution in [0.25, 0.3) is 10.6 Å². The van der Waals surface area contributed by atoms with Crippen molar-refractivity contribution < 1.29 is 9.53 Å². The summed E-state index contributed by atoms with van der Waals surface area (Å²) in [6, 6.07) is 3.39. The molecule has 2 rings (SSSR count). The van der Waals surface area contributed by atoms with Crippen molar-refractivity contribution in [3.8, 4) is 16.3 Å². The number of rotatable bonds is 4. The van der Waals surface area contributed by atoms with Crippen molar-refractivity contribution >= 4 is 29.2 Å². The highest BCUT2D eigenvalue weighted by molar-refractivity contribution is 7.17. The van der Waals surface area contributed by atoms with Crippen LogP contribution in [0.1, 0.15) is 11.8 Å². The van der Waals surface area contributed by atoms with Gasteiger partial charge in [0.1, 0.15) is 22.1 Å². The summed E-state index contributed by atoms with van der Waals surface area (Å²) in [4.78, 5) is 19.9. The molecule has 0 fully saturated rings. The van der Waals surface area contributed by atoms with Crippen LogP contribution in [0.5, 0.6) is 5.75 Å². The van der Waals surface area contributed by atoms with E-state index < -0.39 is 0 Å². The van der Waals surface area contributed by atoms with Gasteiger partial charge in [-0.25, -0.2) is 9.97 Å². The Morgan fingerprint density at radius 3 is 2.94 bits per heavy atom. The number of thiophene rings is 1. The molecule has 87 valence electrons. The number of aromatic nitrogens is 2. The van der Waals surface area contributed by atoms with Crippen LogP contribution in [0.3, 0.4) is 0 Å². The molecule has 1 radical (unpaired) electrons. The van der Waals surface area contributed by atoms with Crippen LogP contribution in [0, 0.1) is 0 Å². The summed E-state index contributed by atoms with van der Waals surface area (Å²) in [5.74, 6) is 0.525. The number of hydrogen-bond donors (Lipinski definition) is 0. The van der Waals surface area contributed by atoms with Gasteiger partial charge in [-0.05, 0) is 6.92 Å². The maximum absolute atomic E-state index is 10.8. The van der Waals surface area contributed by atoms with E-state index in [1.807, 2.05) is 13.2 Å². The lowest BCUT2D eigenvalue weighted by Crippen LogP contribution is -1.91. The molecule has 0 saturated heterocycles. The summed E-state index contributed by atoms with van der Waals surface area (Å²) in [7, 11) is 0. The second kappa shape index (κ2) is 5.25. The van der Waals surface area contributed by atoms with Gasteiger partial charge in [-0.2, -0.15) is 0 Å². The van der Waals surface area contributed by atoms with E-state index in [9.17, 15) is 4.79 Å². The summed E-state index contributed by atoms with van der Waals surface area (Å²) < 4.78 is 5.33. The standard InChI is InChI=1S/C11H8ClN2O2S/c1-2-16-8-4-9(17-10(8)5-15)7-3-11(12)14-6-13-7/h3-4,6H,2H2,1H3. The first kappa shape index (κ1) is 12.0. The maximum atomic E-state index is 10.8. The van der Waals surface area contributed by atoms with Gasteiger partial charge >= 0.3 is 0 Å². The largest absolute Gasteiger partial charge is 0.492 e. The minimum Gasteiger partial charge on any atom is -0.492 e. The third-order valence-electron chi connectivity index (χ3n) is 1.98. The highest BCUT2D eigenvalue weighted by Gasteiger charge is 2.12. The van der Waals surface area contributed by atoms with Crippen LogP contribution in [0.2, 0.25) is 5.15 Å². The van der Waals surface area contributed by atoms with Crippen molar-refractivity contribution in [2.24, 2.45) is 0 Å². The van der Waals surface area contributed by atoms with Crippen LogP contribution >= 0.6 is 22.9 Å². The van der Waals surface area contributed by atoms with Gasteiger partial charge in [-0.3, -0.25) is 4.79 Å². The fourth-order valence-corrected chi connectivity index (χ4v) is 2.31. The Hall–Kier alpha value is -1.46. The zero-order chi connectivity index (χ0) is 12.3. The van der Waals surface area contributed by atoms with E-state index >= 15 is 0 Å². The third-order valence-corrected chi connectivity index (χ3v) is 3.22. The van der Waals surface area contributed by atoms with E-state index in [1.54, 1.807) is 12.1 Å². The molecule has 2 aromatic heterocycles. The van der Waals surface area contributed by atoms with Crippen molar-refractivity contribution in [1.82, 2.24) is 9.97 Å². The fraction of sp³-hybridized carbons (Fsp3) is 0.182. The summed E-state index contributed by atoms with van der Waals surface area (Å²) >= 11 is 7.05. The number of halogens is 1. The van der Waals surface area contributed by atoms with Gasteiger partial charge in [0, 0.05) is 12.1 Å². The minimum absolute atomic E-state index is 0.359. The van der Waals surface area contributed by atoms with Crippen molar-refractivity contribution in [2.45, 2.75) is 6.92 Å². The molecule has 0 saturated carbocycles. The van der Waals surface area contributed by atoms with Crippen molar-refractivity contribution in [3.63, 3.8) is 0 Å². The summed E-state index contributed by atoms with van der Waals surface area (Å²) in [5.41, 5.74) is 0.664. The quantitative estimate of drug-likeness (QED) is 0.800. The first-order chi connectivity index (χ1) is 8.24. The molecule has 0 spiro atoms. The minimum atomic E-state index is 0.359. The lowest BCUT2D eigenvalue weighted by Gasteiger charge is -1.98. The molecule has 17 heavy (non-hydrogen) atoms. The normalized spacial score (nSPS) is 10.2. The van der Waals surface area contributed by atoms with Gasteiger partial charge in [0.15, 0.2) is 0 Å². The molecule has 4 nitrogen and oxygen atoms in total. The second-order valence-corrected chi connectivity index (χ2v) is 4.50. The molecule has 0 bridgehead atoms. The molecule has 0 unspecified atom stereocenters. The summed E-state index contributed by atoms with van der Waals surface area (Å²) in [6.45, 7) is 2.35. The average Bonchev–Trinajstić information content (AvgIpc) is 2.73. The van der Waals surface area contributed by atoms with E-state index in [0.29, 0.717) is 28.1 Å². The first-order valence-corrected chi connectivity index (χ1v) is 6.06. The van der Waals surface area contributed by atoms with Crippen LogP contribution in [0.4, 0.5) is 0 Å².